The van der Waals surface area contributed by atoms with Gasteiger partial charge in [-0.3, -0.25) is 4.79 Å². The minimum Gasteiger partial charge on any atom is -0.481 e. The van der Waals surface area contributed by atoms with Gasteiger partial charge in [-0.15, -0.1) is 0 Å². The maximum Gasteiger partial charge on any atom is 0.303 e. The van der Waals surface area contributed by atoms with E-state index in [2.05, 4.69) is 18.9 Å². The van der Waals surface area contributed by atoms with Crippen molar-refractivity contribution in [1.82, 2.24) is 4.90 Å². The maximum absolute atomic E-state index is 10.5. The van der Waals surface area contributed by atoms with Crippen molar-refractivity contribution in [3.05, 3.63) is 0 Å². The molecule has 3 heteroatoms. The van der Waals surface area contributed by atoms with Gasteiger partial charge in [0, 0.05) is 12.5 Å². The van der Waals surface area contributed by atoms with Gasteiger partial charge in [0.05, 0.1) is 0 Å². The van der Waals surface area contributed by atoms with Crippen LogP contribution >= 0.6 is 0 Å². The van der Waals surface area contributed by atoms with E-state index < -0.39 is 5.97 Å². The Morgan fingerprint density at radius 1 is 1.54 bits per heavy atom. The van der Waals surface area contributed by atoms with Crippen LogP contribution in [0.15, 0.2) is 0 Å². The molecule has 1 rings (SSSR count). The van der Waals surface area contributed by atoms with Crippen molar-refractivity contribution in [3.8, 4) is 0 Å². The standard InChI is InChI=1S/C10H19NO2/c1-3-11(2)9-5-4-8(6-9)7-10(12)13/h8-9H,3-7H2,1-2H3,(H,12,13). The third-order valence-electron chi connectivity index (χ3n) is 3.10. The van der Waals surface area contributed by atoms with Gasteiger partial charge in [0.15, 0.2) is 0 Å². The molecule has 0 radical (unpaired) electrons. The van der Waals surface area contributed by atoms with Crippen LogP contribution in [0.25, 0.3) is 0 Å². The van der Waals surface area contributed by atoms with Crippen molar-refractivity contribution in [2.24, 2.45) is 5.92 Å². The molecule has 0 aromatic rings. The molecule has 0 heterocycles. The van der Waals surface area contributed by atoms with Gasteiger partial charge < -0.3 is 10.0 Å². The molecule has 0 aromatic carbocycles. The highest BCUT2D eigenvalue weighted by Gasteiger charge is 2.27. The van der Waals surface area contributed by atoms with Gasteiger partial charge in [-0.25, -0.2) is 0 Å². The van der Waals surface area contributed by atoms with Gasteiger partial charge in [0.1, 0.15) is 0 Å². The maximum atomic E-state index is 10.5. The molecule has 3 nitrogen and oxygen atoms in total. The summed E-state index contributed by atoms with van der Waals surface area (Å²) >= 11 is 0. The molecule has 13 heavy (non-hydrogen) atoms. The van der Waals surface area contributed by atoms with Gasteiger partial charge in [-0.2, -0.15) is 0 Å². The van der Waals surface area contributed by atoms with Crippen LogP contribution in [-0.2, 0) is 4.79 Å². The normalized spacial score (nSPS) is 28.2. The van der Waals surface area contributed by atoms with Crippen LogP contribution < -0.4 is 0 Å². The molecule has 2 atom stereocenters. The second-order valence-corrected chi connectivity index (χ2v) is 4.00. The van der Waals surface area contributed by atoms with E-state index in [9.17, 15) is 4.79 Å². The lowest BCUT2D eigenvalue weighted by Gasteiger charge is -2.22. The van der Waals surface area contributed by atoms with E-state index in [4.69, 9.17) is 5.11 Å². The highest BCUT2D eigenvalue weighted by molar-refractivity contribution is 5.67. The number of rotatable bonds is 4. The predicted octanol–water partition coefficient (Wildman–Crippen LogP) is 1.58. The number of aliphatic carboxylic acids is 1. The van der Waals surface area contributed by atoms with Crippen molar-refractivity contribution < 1.29 is 9.90 Å². The Kier molecular flexibility index (Phi) is 3.72. The summed E-state index contributed by atoms with van der Waals surface area (Å²) in [4.78, 5) is 12.8. The molecule has 1 aliphatic carbocycles. The second-order valence-electron chi connectivity index (χ2n) is 4.00. The average Bonchev–Trinajstić information content (AvgIpc) is 2.50. The molecule has 1 fully saturated rings. The van der Waals surface area contributed by atoms with Crippen LogP contribution in [0.5, 0.6) is 0 Å². The first-order valence-electron chi connectivity index (χ1n) is 5.05. The molecule has 1 saturated carbocycles. The van der Waals surface area contributed by atoms with Gasteiger partial charge in [-0.1, -0.05) is 6.92 Å². The zero-order valence-corrected chi connectivity index (χ0v) is 8.49. The van der Waals surface area contributed by atoms with E-state index in [1.165, 1.54) is 6.42 Å². The van der Waals surface area contributed by atoms with Crippen LogP contribution in [0.3, 0.4) is 0 Å². The molecule has 0 bridgehead atoms. The van der Waals surface area contributed by atoms with Crippen LogP contribution in [0.4, 0.5) is 0 Å². The number of hydrogen-bond acceptors (Lipinski definition) is 2. The Labute approximate surface area is 79.7 Å². The van der Waals surface area contributed by atoms with E-state index in [-0.39, 0.29) is 0 Å². The zero-order valence-electron chi connectivity index (χ0n) is 8.49. The van der Waals surface area contributed by atoms with Crippen LogP contribution in [0, 0.1) is 5.92 Å². The molecular weight excluding hydrogens is 166 g/mol. The lowest BCUT2D eigenvalue weighted by atomic mass is 10.0. The van der Waals surface area contributed by atoms with Gasteiger partial charge >= 0.3 is 5.97 Å². The zero-order chi connectivity index (χ0) is 9.84. The monoisotopic (exact) mass is 185 g/mol. The van der Waals surface area contributed by atoms with Crippen molar-refractivity contribution >= 4 is 5.97 Å². The fourth-order valence-corrected chi connectivity index (χ4v) is 2.14. The Morgan fingerprint density at radius 3 is 2.77 bits per heavy atom. The highest BCUT2D eigenvalue weighted by atomic mass is 16.4. The van der Waals surface area contributed by atoms with E-state index in [1.54, 1.807) is 0 Å². The van der Waals surface area contributed by atoms with Crippen molar-refractivity contribution in [2.75, 3.05) is 13.6 Å². The number of carbonyl (C=O) groups is 1. The summed E-state index contributed by atoms with van der Waals surface area (Å²) in [5.41, 5.74) is 0. The quantitative estimate of drug-likeness (QED) is 0.723. The van der Waals surface area contributed by atoms with Crippen molar-refractivity contribution in [2.45, 2.75) is 38.6 Å². The van der Waals surface area contributed by atoms with E-state index >= 15 is 0 Å². The van der Waals surface area contributed by atoms with Crippen molar-refractivity contribution in [1.29, 1.82) is 0 Å². The highest BCUT2D eigenvalue weighted by Crippen LogP contribution is 2.30. The molecule has 0 saturated heterocycles. The number of carboxylic acids is 1. The molecule has 1 aliphatic rings. The molecule has 0 amide bonds. The number of nitrogens with zero attached hydrogens (tertiary/aromatic N) is 1. The van der Waals surface area contributed by atoms with E-state index in [0.29, 0.717) is 18.4 Å². The fourth-order valence-electron chi connectivity index (χ4n) is 2.14. The largest absolute Gasteiger partial charge is 0.481 e. The molecule has 0 aromatic heterocycles. The molecule has 1 N–H and O–H groups in total. The third-order valence-corrected chi connectivity index (χ3v) is 3.10. The summed E-state index contributed by atoms with van der Waals surface area (Å²) in [5, 5.41) is 8.64. The predicted molar refractivity (Wildman–Crippen MR) is 51.7 cm³/mol. The smallest absolute Gasteiger partial charge is 0.303 e. The van der Waals surface area contributed by atoms with Crippen LogP contribution in [0.1, 0.15) is 32.6 Å². The first-order valence-corrected chi connectivity index (χ1v) is 5.05. The van der Waals surface area contributed by atoms with Gasteiger partial charge in [0.25, 0.3) is 0 Å². The lowest BCUT2D eigenvalue weighted by Crippen LogP contribution is -2.29. The molecule has 0 spiro atoms. The van der Waals surface area contributed by atoms with Gasteiger partial charge in [0.2, 0.25) is 0 Å². The first-order chi connectivity index (χ1) is 6.13. The number of carboxylic acid groups (broad SMARTS) is 1. The van der Waals surface area contributed by atoms with Crippen LogP contribution in [0.2, 0.25) is 0 Å². The van der Waals surface area contributed by atoms with E-state index in [0.717, 1.165) is 19.4 Å². The minimum absolute atomic E-state index is 0.355. The summed E-state index contributed by atoms with van der Waals surface area (Å²) in [7, 11) is 2.12. The molecule has 2 unspecified atom stereocenters. The van der Waals surface area contributed by atoms with Crippen molar-refractivity contribution in [3.63, 3.8) is 0 Å². The Hall–Kier alpha value is -0.570. The summed E-state index contributed by atoms with van der Waals surface area (Å²) in [6, 6.07) is 0.620. The van der Waals surface area contributed by atoms with Gasteiger partial charge in [-0.05, 0) is 38.8 Å². The first kappa shape index (κ1) is 10.5. The topological polar surface area (TPSA) is 40.5 Å². The molecular formula is C10H19NO2. The average molecular weight is 185 g/mol. The molecule has 0 aliphatic heterocycles. The lowest BCUT2D eigenvalue weighted by molar-refractivity contribution is -0.138. The fraction of sp³-hybridized carbons (Fsp3) is 0.900. The SMILES string of the molecule is CCN(C)C1CCC(CC(=O)O)C1. The van der Waals surface area contributed by atoms with E-state index in [1.807, 2.05) is 0 Å². The second kappa shape index (κ2) is 4.61. The summed E-state index contributed by atoms with van der Waals surface area (Å²) in [6.07, 6.45) is 3.67. The summed E-state index contributed by atoms with van der Waals surface area (Å²) in [5.74, 6) is -0.235. The number of hydrogen-bond donors (Lipinski definition) is 1. The summed E-state index contributed by atoms with van der Waals surface area (Å²) in [6.45, 7) is 3.20. The Morgan fingerprint density at radius 2 is 2.23 bits per heavy atom. The molecule has 76 valence electrons. The van der Waals surface area contributed by atoms with Crippen LogP contribution in [-0.4, -0.2) is 35.6 Å². The summed E-state index contributed by atoms with van der Waals surface area (Å²) < 4.78 is 0. The third kappa shape index (κ3) is 2.99. The minimum atomic E-state index is -0.648. The Bertz CT molecular complexity index is 182. The Balaban J connectivity index is 2.31.